The highest BCUT2D eigenvalue weighted by Gasteiger charge is 2.24. The first kappa shape index (κ1) is 15.7. The van der Waals surface area contributed by atoms with Crippen molar-refractivity contribution >= 4 is 22.6 Å². The lowest BCUT2D eigenvalue weighted by Crippen LogP contribution is -2.32. The highest BCUT2D eigenvalue weighted by molar-refractivity contribution is 5.95. The quantitative estimate of drug-likeness (QED) is 0.605. The topological polar surface area (TPSA) is 92.6 Å². The first-order valence-corrected chi connectivity index (χ1v) is 8.80. The number of fused-ring (bicyclic) bond motifs is 2. The number of nitrogens with one attached hydrogen (secondary N) is 1. The Morgan fingerprint density at radius 1 is 1.22 bits per heavy atom. The second-order valence-electron chi connectivity index (χ2n) is 6.62. The summed E-state index contributed by atoms with van der Waals surface area (Å²) in [6.07, 6.45) is 0.877. The summed E-state index contributed by atoms with van der Waals surface area (Å²) in [7, 11) is 0. The zero-order valence-electron chi connectivity index (χ0n) is 14.8. The molecule has 0 fully saturated rings. The third-order valence-corrected chi connectivity index (χ3v) is 4.78. The number of para-hydroxylation sites is 1. The highest BCUT2D eigenvalue weighted by Crippen LogP contribution is 2.27. The molecule has 4 aromatic rings. The number of benzene rings is 2. The van der Waals surface area contributed by atoms with Crippen molar-refractivity contribution in [3.63, 3.8) is 0 Å². The lowest BCUT2D eigenvalue weighted by atomic mass is 10.2. The van der Waals surface area contributed by atoms with Gasteiger partial charge in [0.2, 0.25) is 5.82 Å². The van der Waals surface area contributed by atoms with Gasteiger partial charge in [0.15, 0.2) is 0 Å². The maximum absolute atomic E-state index is 12.7. The number of anilines is 1. The molecule has 0 aliphatic carbocycles. The predicted octanol–water partition coefficient (Wildman–Crippen LogP) is 2.11. The van der Waals surface area contributed by atoms with Crippen LogP contribution in [0.1, 0.15) is 11.4 Å². The fourth-order valence-electron chi connectivity index (χ4n) is 3.51. The molecule has 2 aromatic heterocycles. The summed E-state index contributed by atoms with van der Waals surface area (Å²) in [5, 5.41) is 12.5. The minimum atomic E-state index is -0.0384. The molecule has 0 spiro atoms. The molecule has 0 saturated heterocycles. The van der Waals surface area contributed by atoms with Crippen LogP contribution in [0.2, 0.25) is 0 Å². The highest BCUT2D eigenvalue weighted by atomic mass is 16.2. The zero-order valence-corrected chi connectivity index (χ0v) is 14.8. The number of H-pyrrole nitrogens is 1. The third-order valence-electron chi connectivity index (χ3n) is 4.78. The van der Waals surface area contributed by atoms with Crippen LogP contribution in [-0.2, 0) is 17.8 Å². The second kappa shape index (κ2) is 6.01. The third kappa shape index (κ3) is 2.75. The van der Waals surface area contributed by atoms with Gasteiger partial charge in [0.25, 0.3) is 5.91 Å². The van der Waals surface area contributed by atoms with Gasteiger partial charge in [0.1, 0.15) is 12.4 Å². The summed E-state index contributed by atoms with van der Waals surface area (Å²) < 4.78 is 0. The number of tetrazole rings is 1. The summed E-state index contributed by atoms with van der Waals surface area (Å²) in [4.78, 5) is 23.4. The number of amides is 1. The van der Waals surface area contributed by atoms with Gasteiger partial charge in [-0.2, -0.15) is 4.80 Å². The maximum atomic E-state index is 12.7. The van der Waals surface area contributed by atoms with Crippen LogP contribution in [0.25, 0.3) is 22.4 Å². The molecule has 0 bridgehead atoms. The molecule has 0 atom stereocenters. The predicted molar refractivity (Wildman–Crippen MR) is 100 cm³/mol. The molecule has 2 aromatic carbocycles. The van der Waals surface area contributed by atoms with Crippen LogP contribution in [-0.4, -0.2) is 42.6 Å². The number of aromatic nitrogens is 6. The van der Waals surface area contributed by atoms with Crippen molar-refractivity contribution in [2.45, 2.75) is 19.9 Å². The minimum absolute atomic E-state index is 0.0384. The molecule has 0 radical (unpaired) electrons. The summed E-state index contributed by atoms with van der Waals surface area (Å²) >= 11 is 0. The summed E-state index contributed by atoms with van der Waals surface area (Å²) in [5.41, 5.74) is 4.82. The molecular formula is C19H17N7O. The number of rotatable bonds is 3. The lowest BCUT2D eigenvalue weighted by molar-refractivity contribution is -0.119. The summed E-state index contributed by atoms with van der Waals surface area (Å²) in [5.74, 6) is 1.30. The normalized spacial score (nSPS) is 13.3. The van der Waals surface area contributed by atoms with Crippen LogP contribution in [0.3, 0.4) is 0 Å². The van der Waals surface area contributed by atoms with E-state index in [0.717, 1.165) is 34.5 Å². The Balaban J connectivity index is 1.37. The van der Waals surface area contributed by atoms with Crippen molar-refractivity contribution in [2.75, 3.05) is 11.4 Å². The van der Waals surface area contributed by atoms with Crippen LogP contribution in [0.15, 0.2) is 42.5 Å². The van der Waals surface area contributed by atoms with Crippen LogP contribution in [0.4, 0.5) is 5.69 Å². The van der Waals surface area contributed by atoms with E-state index in [2.05, 4.69) is 31.4 Å². The Hall–Kier alpha value is -3.55. The van der Waals surface area contributed by atoms with Gasteiger partial charge in [-0.1, -0.05) is 18.2 Å². The number of nitrogens with zero attached hydrogens (tertiary/aromatic N) is 6. The van der Waals surface area contributed by atoms with E-state index in [1.165, 1.54) is 10.4 Å². The average molecular weight is 359 g/mol. The van der Waals surface area contributed by atoms with E-state index >= 15 is 0 Å². The fraction of sp³-hybridized carbons (Fsp3) is 0.211. The molecule has 1 amide bonds. The van der Waals surface area contributed by atoms with Crippen LogP contribution in [0.5, 0.6) is 0 Å². The fourth-order valence-corrected chi connectivity index (χ4v) is 3.51. The van der Waals surface area contributed by atoms with Crippen LogP contribution in [0, 0.1) is 6.92 Å². The van der Waals surface area contributed by atoms with Crippen LogP contribution >= 0.6 is 0 Å². The van der Waals surface area contributed by atoms with Gasteiger partial charge in [-0.3, -0.25) is 4.79 Å². The van der Waals surface area contributed by atoms with E-state index in [4.69, 9.17) is 0 Å². The van der Waals surface area contributed by atoms with E-state index in [-0.39, 0.29) is 12.5 Å². The van der Waals surface area contributed by atoms with E-state index in [1.807, 2.05) is 43.3 Å². The molecule has 1 aliphatic heterocycles. The SMILES string of the molecule is Cc1nc2ccc(-c3nnn(CC(=O)N4CCc5ccccc54)n3)cc2[nH]1. The molecule has 5 rings (SSSR count). The molecule has 0 unspecified atom stereocenters. The Kier molecular flexibility index (Phi) is 3.49. The van der Waals surface area contributed by atoms with Crippen molar-refractivity contribution < 1.29 is 4.79 Å². The van der Waals surface area contributed by atoms with Crippen molar-refractivity contribution in [1.29, 1.82) is 0 Å². The van der Waals surface area contributed by atoms with E-state index in [0.29, 0.717) is 12.4 Å². The van der Waals surface area contributed by atoms with Crippen molar-refractivity contribution in [3.8, 4) is 11.4 Å². The molecule has 8 heteroatoms. The number of imidazole rings is 1. The molecular weight excluding hydrogens is 342 g/mol. The molecule has 3 heterocycles. The molecule has 1 aliphatic rings. The first-order valence-electron chi connectivity index (χ1n) is 8.80. The molecule has 134 valence electrons. The van der Waals surface area contributed by atoms with Crippen LogP contribution < -0.4 is 4.90 Å². The Morgan fingerprint density at radius 3 is 3.04 bits per heavy atom. The van der Waals surface area contributed by atoms with Gasteiger partial charge in [-0.25, -0.2) is 4.98 Å². The van der Waals surface area contributed by atoms with Gasteiger partial charge in [0.05, 0.1) is 11.0 Å². The van der Waals surface area contributed by atoms with E-state index < -0.39 is 0 Å². The van der Waals surface area contributed by atoms with Crippen molar-refractivity contribution in [3.05, 3.63) is 53.9 Å². The number of hydrogen-bond donors (Lipinski definition) is 1. The monoisotopic (exact) mass is 359 g/mol. The van der Waals surface area contributed by atoms with Crippen molar-refractivity contribution in [1.82, 2.24) is 30.2 Å². The summed E-state index contributed by atoms with van der Waals surface area (Å²) in [6.45, 7) is 2.67. The Labute approximate surface area is 154 Å². The van der Waals surface area contributed by atoms with Gasteiger partial charge >= 0.3 is 0 Å². The van der Waals surface area contributed by atoms with E-state index in [1.54, 1.807) is 4.90 Å². The Morgan fingerprint density at radius 2 is 2.11 bits per heavy atom. The minimum Gasteiger partial charge on any atom is -0.342 e. The lowest BCUT2D eigenvalue weighted by Gasteiger charge is -2.16. The smallest absolute Gasteiger partial charge is 0.250 e. The molecule has 8 nitrogen and oxygen atoms in total. The zero-order chi connectivity index (χ0) is 18.4. The maximum Gasteiger partial charge on any atom is 0.250 e. The first-order chi connectivity index (χ1) is 13.2. The molecule has 27 heavy (non-hydrogen) atoms. The van der Waals surface area contributed by atoms with Gasteiger partial charge in [0, 0.05) is 17.8 Å². The van der Waals surface area contributed by atoms with Gasteiger partial charge in [-0.05, 0) is 48.4 Å². The van der Waals surface area contributed by atoms with Gasteiger partial charge in [-0.15, -0.1) is 10.2 Å². The summed E-state index contributed by atoms with van der Waals surface area (Å²) in [6, 6.07) is 13.7. The number of aromatic amines is 1. The number of hydrogen-bond acceptors (Lipinski definition) is 5. The van der Waals surface area contributed by atoms with E-state index in [9.17, 15) is 4.79 Å². The number of carbonyl (C=O) groups excluding carboxylic acids is 1. The van der Waals surface area contributed by atoms with Crippen molar-refractivity contribution in [2.24, 2.45) is 0 Å². The number of aryl methyl sites for hydroxylation is 1. The molecule has 1 N–H and O–H groups in total. The van der Waals surface area contributed by atoms with Gasteiger partial charge < -0.3 is 9.88 Å². The standard InChI is InChI=1S/C19H17N7O/c1-12-20-15-7-6-14(10-16(15)21-12)19-22-24-26(23-19)11-18(27)25-9-8-13-4-2-3-5-17(13)25/h2-7,10H,8-9,11H2,1H3,(H,20,21). The Bertz CT molecular complexity index is 1160. The average Bonchev–Trinajstić information content (AvgIpc) is 3.37. The largest absolute Gasteiger partial charge is 0.342 e. The number of carbonyl (C=O) groups is 1. The second-order valence-corrected chi connectivity index (χ2v) is 6.62. The molecule has 0 saturated carbocycles.